The van der Waals surface area contributed by atoms with Crippen molar-refractivity contribution in [2.75, 3.05) is 30.8 Å². The molecule has 2 N–H and O–H groups in total. The van der Waals surface area contributed by atoms with Crippen molar-refractivity contribution < 1.29 is 0 Å². The van der Waals surface area contributed by atoms with Crippen molar-refractivity contribution in [2.45, 2.75) is 25.3 Å². The van der Waals surface area contributed by atoms with E-state index in [1.807, 2.05) is 10.7 Å². The van der Waals surface area contributed by atoms with Crippen molar-refractivity contribution in [3.63, 3.8) is 0 Å². The van der Waals surface area contributed by atoms with Gasteiger partial charge in [-0.1, -0.05) is 6.08 Å². The van der Waals surface area contributed by atoms with E-state index in [9.17, 15) is 0 Å². The van der Waals surface area contributed by atoms with Crippen LogP contribution in [0.25, 0.3) is 5.65 Å². The number of hydrogen-bond donors (Lipinski definition) is 2. The molecule has 2 aliphatic rings. The molecule has 7 heteroatoms. The Labute approximate surface area is 143 Å². The van der Waals surface area contributed by atoms with Gasteiger partial charge in [-0.05, 0) is 42.6 Å². The summed E-state index contributed by atoms with van der Waals surface area (Å²) in [4.78, 5) is 6.92. The number of hydrogen-bond acceptors (Lipinski definition) is 5. The third-order valence-corrected chi connectivity index (χ3v) is 4.73. The van der Waals surface area contributed by atoms with Crippen LogP contribution in [-0.2, 0) is 0 Å². The van der Waals surface area contributed by atoms with E-state index in [0.717, 1.165) is 35.8 Å². The van der Waals surface area contributed by atoms with Gasteiger partial charge in [0.25, 0.3) is 0 Å². The van der Waals surface area contributed by atoms with Crippen LogP contribution < -0.4 is 16.1 Å². The molecule has 1 fully saturated rings. The van der Waals surface area contributed by atoms with Crippen LogP contribution >= 0.6 is 0 Å². The fourth-order valence-electron chi connectivity index (χ4n) is 3.10. The van der Waals surface area contributed by atoms with Gasteiger partial charge >= 0.3 is 0 Å². The Balaban J connectivity index is 1.58. The van der Waals surface area contributed by atoms with Crippen LogP contribution in [0.1, 0.15) is 19.3 Å². The summed E-state index contributed by atoms with van der Waals surface area (Å²) in [6.07, 6.45) is 12.0. The van der Waals surface area contributed by atoms with Gasteiger partial charge in [0.15, 0.2) is 5.65 Å². The first-order valence-corrected chi connectivity index (χ1v) is 8.61. The van der Waals surface area contributed by atoms with Crippen molar-refractivity contribution in [2.24, 2.45) is 0 Å². The molecular weight excluding hydrogens is 299 g/mol. The van der Waals surface area contributed by atoms with Gasteiger partial charge in [-0.2, -0.15) is 9.61 Å². The van der Waals surface area contributed by atoms with Gasteiger partial charge in [-0.25, -0.2) is 4.98 Å². The van der Waals surface area contributed by atoms with Gasteiger partial charge in [-0.15, -0.1) is 0 Å². The van der Waals surface area contributed by atoms with E-state index in [4.69, 9.17) is 4.98 Å². The summed E-state index contributed by atoms with van der Waals surface area (Å²) in [5.41, 5.74) is 3.36. The summed E-state index contributed by atoms with van der Waals surface area (Å²) < 4.78 is 1.89. The second kappa shape index (κ2) is 6.22. The Morgan fingerprint density at radius 1 is 1.38 bits per heavy atom. The first-order valence-electron chi connectivity index (χ1n) is 8.61. The first kappa shape index (κ1) is 15.1. The third kappa shape index (κ3) is 2.98. The molecular formula is C17H23BN6. The molecule has 3 heterocycles. The zero-order chi connectivity index (χ0) is 16.5. The van der Waals surface area contributed by atoms with Crippen molar-refractivity contribution in [3.8, 4) is 0 Å². The standard InChI is InChI=1S/C17H23BN6/c1-23-7-3-4-12(11-23)9-19-16-8-15(21-13-5-2-6-13)22-17-14(18)10-20-24(16)17/h3-4,7-8,10,13,19H,2,5-6,9,11,18H2,1H3,(H,21,22). The molecule has 2 aromatic rings. The minimum Gasteiger partial charge on any atom is -0.376 e. The molecule has 1 aliphatic carbocycles. The Morgan fingerprint density at radius 2 is 2.25 bits per heavy atom. The molecule has 4 rings (SSSR count). The number of fused-ring (bicyclic) bond motifs is 1. The third-order valence-electron chi connectivity index (χ3n) is 4.73. The van der Waals surface area contributed by atoms with E-state index in [0.29, 0.717) is 6.04 Å². The van der Waals surface area contributed by atoms with Crippen LogP contribution in [0.3, 0.4) is 0 Å². The molecule has 0 spiro atoms. The molecule has 0 atom stereocenters. The highest BCUT2D eigenvalue weighted by Gasteiger charge is 2.18. The van der Waals surface area contributed by atoms with Crippen LogP contribution in [0.15, 0.2) is 36.2 Å². The maximum atomic E-state index is 4.74. The van der Waals surface area contributed by atoms with Crippen molar-refractivity contribution in [1.82, 2.24) is 19.5 Å². The largest absolute Gasteiger partial charge is 0.376 e. The Bertz CT molecular complexity index is 805. The van der Waals surface area contributed by atoms with Gasteiger partial charge in [-0.3, -0.25) is 0 Å². The number of anilines is 2. The molecule has 1 saturated carbocycles. The van der Waals surface area contributed by atoms with Gasteiger partial charge in [0, 0.05) is 38.4 Å². The first-order chi connectivity index (χ1) is 11.7. The molecule has 0 unspecified atom stereocenters. The van der Waals surface area contributed by atoms with Gasteiger partial charge in [0.05, 0.1) is 0 Å². The second-order valence-electron chi connectivity index (χ2n) is 6.80. The lowest BCUT2D eigenvalue weighted by atomic mass is 9.93. The predicted octanol–water partition coefficient (Wildman–Crippen LogP) is 0.749. The summed E-state index contributed by atoms with van der Waals surface area (Å²) in [6, 6.07) is 2.64. The smallest absolute Gasteiger partial charge is 0.153 e. The highest BCUT2D eigenvalue weighted by atomic mass is 15.3. The summed E-state index contributed by atoms with van der Waals surface area (Å²) >= 11 is 0. The number of nitrogens with one attached hydrogen (secondary N) is 2. The zero-order valence-corrected chi connectivity index (χ0v) is 14.3. The van der Waals surface area contributed by atoms with Crippen LogP contribution in [0.2, 0.25) is 0 Å². The summed E-state index contributed by atoms with van der Waals surface area (Å²) in [7, 11) is 4.14. The zero-order valence-electron chi connectivity index (χ0n) is 14.3. The minimum absolute atomic E-state index is 0.566. The average molecular weight is 322 g/mol. The topological polar surface area (TPSA) is 57.5 Å². The molecule has 0 saturated heterocycles. The van der Waals surface area contributed by atoms with Crippen LogP contribution in [0.5, 0.6) is 0 Å². The lowest BCUT2D eigenvalue weighted by Gasteiger charge is -2.27. The monoisotopic (exact) mass is 322 g/mol. The van der Waals surface area contributed by atoms with Crippen molar-refractivity contribution in [1.29, 1.82) is 0 Å². The summed E-state index contributed by atoms with van der Waals surface area (Å²) in [5.74, 6) is 1.92. The summed E-state index contributed by atoms with van der Waals surface area (Å²) in [5, 5.41) is 11.6. The maximum absolute atomic E-state index is 4.74. The lowest BCUT2D eigenvalue weighted by molar-refractivity contribution is 0.444. The number of likely N-dealkylation sites (N-methyl/N-ethyl adjacent to an activating group) is 1. The van der Waals surface area contributed by atoms with E-state index in [2.05, 4.69) is 59.9 Å². The number of aromatic nitrogens is 3. The minimum atomic E-state index is 0.566. The SMILES string of the molecule is Bc1cnn2c(NCC3=CC=CN(C)C3)cc(NC3CCC3)nc12. The quantitative estimate of drug-likeness (QED) is 0.796. The normalized spacial score (nSPS) is 17.7. The van der Waals surface area contributed by atoms with Crippen LogP contribution in [0.4, 0.5) is 11.6 Å². The maximum Gasteiger partial charge on any atom is 0.153 e. The lowest BCUT2D eigenvalue weighted by Crippen LogP contribution is -2.28. The van der Waals surface area contributed by atoms with Gasteiger partial charge < -0.3 is 15.5 Å². The van der Waals surface area contributed by atoms with E-state index >= 15 is 0 Å². The van der Waals surface area contributed by atoms with Gasteiger partial charge in [0.2, 0.25) is 0 Å². The van der Waals surface area contributed by atoms with Crippen LogP contribution in [0, 0.1) is 0 Å². The number of allylic oxidation sites excluding steroid dienone is 2. The fraction of sp³-hybridized carbons (Fsp3) is 0.412. The molecule has 6 nitrogen and oxygen atoms in total. The second-order valence-corrected chi connectivity index (χ2v) is 6.80. The molecule has 0 radical (unpaired) electrons. The van der Waals surface area contributed by atoms with Crippen molar-refractivity contribution >= 4 is 30.6 Å². The van der Waals surface area contributed by atoms with E-state index < -0.39 is 0 Å². The highest BCUT2D eigenvalue weighted by molar-refractivity contribution is 6.36. The van der Waals surface area contributed by atoms with Crippen LogP contribution in [-0.4, -0.2) is 53.5 Å². The van der Waals surface area contributed by atoms with E-state index in [1.165, 1.54) is 24.8 Å². The van der Waals surface area contributed by atoms with E-state index in [-0.39, 0.29) is 0 Å². The molecule has 24 heavy (non-hydrogen) atoms. The number of rotatable bonds is 5. The molecule has 0 bridgehead atoms. The fourth-order valence-corrected chi connectivity index (χ4v) is 3.10. The van der Waals surface area contributed by atoms with E-state index in [1.54, 1.807) is 0 Å². The van der Waals surface area contributed by atoms with Crippen molar-refractivity contribution in [3.05, 3.63) is 36.2 Å². The number of nitrogens with zero attached hydrogens (tertiary/aromatic N) is 4. The Hall–Kier alpha value is -2.44. The highest BCUT2D eigenvalue weighted by Crippen LogP contribution is 2.24. The Morgan fingerprint density at radius 3 is 3.00 bits per heavy atom. The predicted molar refractivity (Wildman–Crippen MR) is 101 cm³/mol. The molecule has 0 aromatic carbocycles. The molecule has 0 amide bonds. The molecule has 1 aliphatic heterocycles. The molecule has 124 valence electrons. The molecule has 2 aromatic heterocycles. The van der Waals surface area contributed by atoms with Gasteiger partial charge in [0.1, 0.15) is 19.5 Å². The summed E-state index contributed by atoms with van der Waals surface area (Å²) in [6.45, 7) is 1.75. The average Bonchev–Trinajstić information content (AvgIpc) is 2.90. The Kier molecular flexibility index (Phi) is 3.92.